The molecule has 2 aliphatic rings. The number of likely N-dealkylation sites (N-methyl/N-ethyl adjacent to an activating group) is 1. The van der Waals surface area contributed by atoms with Gasteiger partial charge in [-0.3, -0.25) is 9.59 Å². The standard InChI is InChI=1S/C22H27FN6O2/c1-12(2)19-21(31)26-18-13(3)24-22(27-20(18)28(19)4)25-16-10-29(11-16)17(30)9-14-5-7-15(23)8-6-14/h5-8,12,16,19H,9-11H2,1-4H3,(H,26,31)(H,24,25,27)/t19-/m0/s1. The number of aryl methyl sites for hydroxylation is 1. The van der Waals surface area contributed by atoms with Crippen LogP contribution in [0.25, 0.3) is 0 Å². The van der Waals surface area contributed by atoms with E-state index < -0.39 is 0 Å². The van der Waals surface area contributed by atoms with Crippen LogP contribution in [0.3, 0.4) is 0 Å². The molecule has 2 aliphatic heterocycles. The Labute approximate surface area is 180 Å². The van der Waals surface area contributed by atoms with Crippen molar-refractivity contribution in [2.45, 2.75) is 39.3 Å². The molecule has 0 unspecified atom stereocenters. The molecule has 0 radical (unpaired) electrons. The molecule has 31 heavy (non-hydrogen) atoms. The van der Waals surface area contributed by atoms with Crippen LogP contribution in [0.1, 0.15) is 25.1 Å². The first-order chi connectivity index (χ1) is 14.7. The second kappa shape index (κ2) is 8.13. The second-order valence-electron chi connectivity index (χ2n) is 8.56. The summed E-state index contributed by atoms with van der Waals surface area (Å²) in [7, 11) is 1.87. The summed E-state index contributed by atoms with van der Waals surface area (Å²) < 4.78 is 13.0. The summed E-state index contributed by atoms with van der Waals surface area (Å²) in [5.74, 6) is 0.960. The summed E-state index contributed by atoms with van der Waals surface area (Å²) in [6.45, 7) is 6.96. The summed E-state index contributed by atoms with van der Waals surface area (Å²) in [4.78, 5) is 37.7. The molecule has 0 spiro atoms. The largest absolute Gasteiger partial charge is 0.348 e. The van der Waals surface area contributed by atoms with Crippen LogP contribution in [0.2, 0.25) is 0 Å². The van der Waals surface area contributed by atoms with E-state index in [4.69, 9.17) is 0 Å². The summed E-state index contributed by atoms with van der Waals surface area (Å²) >= 11 is 0. The van der Waals surface area contributed by atoms with Crippen molar-refractivity contribution in [3.63, 3.8) is 0 Å². The number of carbonyl (C=O) groups excluding carboxylic acids is 2. The highest BCUT2D eigenvalue weighted by Crippen LogP contribution is 2.34. The summed E-state index contributed by atoms with van der Waals surface area (Å²) in [6, 6.07) is 5.75. The number of hydrogen-bond donors (Lipinski definition) is 2. The molecule has 0 bridgehead atoms. The first-order valence-corrected chi connectivity index (χ1v) is 10.4. The number of nitrogens with one attached hydrogen (secondary N) is 2. The number of hydrogen-bond acceptors (Lipinski definition) is 6. The van der Waals surface area contributed by atoms with Crippen LogP contribution in [0.15, 0.2) is 24.3 Å². The number of benzene rings is 1. The molecule has 1 aromatic carbocycles. The van der Waals surface area contributed by atoms with Gasteiger partial charge in [0, 0.05) is 20.1 Å². The van der Waals surface area contributed by atoms with Crippen molar-refractivity contribution >= 4 is 29.3 Å². The monoisotopic (exact) mass is 426 g/mol. The van der Waals surface area contributed by atoms with Crippen molar-refractivity contribution < 1.29 is 14.0 Å². The molecule has 0 saturated carbocycles. The molecule has 1 atom stereocenters. The van der Waals surface area contributed by atoms with E-state index >= 15 is 0 Å². The third-order valence-electron chi connectivity index (χ3n) is 5.81. The van der Waals surface area contributed by atoms with E-state index in [1.54, 1.807) is 17.0 Å². The summed E-state index contributed by atoms with van der Waals surface area (Å²) in [6.07, 6.45) is 0.253. The first-order valence-electron chi connectivity index (χ1n) is 10.4. The van der Waals surface area contributed by atoms with E-state index in [2.05, 4.69) is 20.6 Å². The maximum Gasteiger partial charge on any atom is 0.247 e. The van der Waals surface area contributed by atoms with Gasteiger partial charge in [0.05, 0.1) is 18.2 Å². The number of rotatable bonds is 5. The molecule has 164 valence electrons. The smallest absolute Gasteiger partial charge is 0.247 e. The van der Waals surface area contributed by atoms with Crippen molar-refractivity contribution in [3.8, 4) is 0 Å². The number of halogens is 1. The van der Waals surface area contributed by atoms with E-state index in [-0.39, 0.29) is 42.1 Å². The minimum atomic E-state index is -0.310. The highest BCUT2D eigenvalue weighted by molar-refractivity contribution is 6.03. The van der Waals surface area contributed by atoms with E-state index in [0.29, 0.717) is 36.2 Å². The van der Waals surface area contributed by atoms with Gasteiger partial charge in [0.2, 0.25) is 17.8 Å². The van der Waals surface area contributed by atoms with Gasteiger partial charge in [0.1, 0.15) is 17.5 Å². The average molecular weight is 426 g/mol. The third-order valence-corrected chi connectivity index (χ3v) is 5.81. The predicted octanol–water partition coefficient (Wildman–Crippen LogP) is 2.20. The van der Waals surface area contributed by atoms with Gasteiger partial charge in [-0.1, -0.05) is 26.0 Å². The number of anilines is 3. The zero-order chi connectivity index (χ0) is 22.3. The fraction of sp³-hybridized carbons (Fsp3) is 0.455. The molecule has 4 rings (SSSR count). The van der Waals surface area contributed by atoms with Gasteiger partial charge >= 0.3 is 0 Å². The molecule has 1 saturated heterocycles. The van der Waals surface area contributed by atoms with E-state index in [9.17, 15) is 14.0 Å². The average Bonchev–Trinajstić information content (AvgIpc) is 2.67. The normalized spacial score (nSPS) is 18.5. The molecule has 2 amide bonds. The van der Waals surface area contributed by atoms with E-state index in [0.717, 1.165) is 5.56 Å². The number of carbonyl (C=O) groups is 2. The van der Waals surface area contributed by atoms with Crippen molar-refractivity contribution in [1.82, 2.24) is 14.9 Å². The Morgan fingerprint density at radius 1 is 1.26 bits per heavy atom. The number of aromatic nitrogens is 2. The van der Waals surface area contributed by atoms with Gasteiger partial charge in [-0.2, -0.15) is 4.98 Å². The Morgan fingerprint density at radius 3 is 2.58 bits per heavy atom. The topological polar surface area (TPSA) is 90.5 Å². The summed E-state index contributed by atoms with van der Waals surface area (Å²) in [5, 5.41) is 6.23. The third kappa shape index (κ3) is 4.17. The van der Waals surface area contributed by atoms with Crippen molar-refractivity contribution in [3.05, 3.63) is 41.3 Å². The van der Waals surface area contributed by atoms with Gasteiger partial charge in [0.15, 0.2) is 5.82 Å². The zero-order valence-corrected chi connectivity index (χ0v) is 18.1. The fourth-order valence-electron chi connectivity index (χ4n) is 4.12. The molecule has 1 aromatic heterocycles. The second-order valence-corrected chi connectivity index (χ2v) is 8.56. The highest BCUT2D eigenvalue weighted by atomic mass is 19.1. The Morgan fingerprint density at radius 2 is 1.94 bits per heavy atom. The summed E-state index contributed by atoms with van der Waals surface area (Å²) in [5.41, 5.74) is 2.12. The van der Waals surface area contributed by atoms with Crippen LogP contribution >= 0.6 is 0 Å². The molecule has 2 aromatic rings. The van der Waals surface area contributed by atoms with E-state index in [1.165, 1.54) is 12.1 Å². The number of amides is 2. The van der Waals surface area contributed by atoms with Crippen LogP contribution in [-0.2, 0) is 16.0 Å². The van der Waals surface area contributed by atoms with Crippen LogP contribution in [0.4, 0.5) is 21.8 Å². The quantitative estimate of drug-likeness (QED) is 0.762. The highest BCUT2D eigenvalue weighted by Gasteiger charge is 2.36. The Kier molecular flexibility index (Phi) is 5.51. The Balaban J connectivity index is 1.39. The van der Waals surface area contributed by atoms with Crippen molar-refractivity contribution in [2.75, 3.05) is 35.7 Å². The molecule has 3 heterocycles. The minimum absolute atomic E-state index is 0.00872. The van der Waals surface area contributed by atoms with Crippen molar-refractivity contribution in [2.24, 2.45) is 5.92 Å². The molecular formula is C22H27FN6O2. The minimum Gasteiger partial charge on any atom is -0.348 e. The van der Waals surface area contributed by atoms with Crippen molar-refractivity contribution in [1.29, 1.82) is 0 Å². The fourth-order valence-corrected chi connectivity index (χ4v) is 4.12. The van der Waals surface area contributed by atoms with Gasteiger partial charge in [-0.25, -0.2) is 9.37 Å². The molecular weight excluding hydrogens is 399 g/mol. The molecule has 8 nitrogen and oxygen atoms in total. The van der Waals surface area contributed by atoms with Gasteiger partial charge in [0.25, 0.3) is 0 Å². The lowest BCUT2D eigenvalue weighted by molar-refractivity contribution is -0.134. The van der Waals surface area contributed by atoms with Gasteiger partial charge < -0.3 is 20.4 Å². The number of fused-ring (bicyclic) bond motifs is 1. The first kappa shape index (κ1) is 21.0. The lowest BCUT2D eigenvalue weighted by atomic mass is 9.99. The Bertz CT molecular complexity index is 1000. The number of nitrogens with zero attached hydrogens (tertiary/aromatic N) is 4. The predicted molar refractivity (Wildman–Crippen MR) is 117 cm³/mol. The maximum absolute atomic E-state index is 13.0. The van der Waals surface area contributed by atoms with Crippen LogP contribution in [0.5, 0.6) is 0 Å². The SMILES string of the molecule is Cc1nc(NC2CN(C(=O)Cc3ccc(F)cc3)C2)nc2c1NC(=O)[C@H](C(C)C)N2C. The van der Waals surface area contributed by atoms with Crippen LogP contribution in [0, 0.1) is 18.7 Å². The zero-order valence-electron chi connectivity index (χ0n) is 18.1. The molecule has 2 N–H and O–H groups in total. The van der Waals surface area contributed by atoms with Crippen LogP contribution in [-0.4, -0.2) is 58.9 Å². The van der Waals surface area contributed by atoms with E-state index in [1.807, 2.05) is 32.7 Å². The molecule has 1 fully saturated rings. The maximum atomic E-state index is 13.0. The van der Waals surface area contributed by atoms with Crippen LogP contribution < -0.4 is 15.5 Å². The van der Waals surface area contributed by atoms with Gasteiger partial charge in [-0.15, -0.1) is 0 Å². The molecule has 9 heteroatoms. The molecule has 0 aliphatic carbocycles. The Hall–Kier alpha value is -3.23. The number of likely N-dealkylation sites (tertiary alicyclic amines) is 1. The lowest BCUT2D eigenvalue weighted by Crippen LogP contribution is -2.57. The van der Waals surface area contributed by atoms with Gasteiger partial charge in [-0.05, 0) is 30.5 Å². The lowest BCUT2D eigenvalue weighted by Gasteiger charge is -2.40.